The summed E-state index contributed by atoms with van der Waals surface area (Å²) < 4.78 is 22.9. The van der Waals surface area contributed by atoms with Crippen molar-refractivity contribution in [2.24, 2.45) is 47.2 Å². The fourth-order valence-electron chi connectivity index (χ4n) is 13.2. The van der Waals surface area contributed by atoms with Crippen molar-refractivity contribution in [2.75, 3.05) is 59.9 Å². The summed E-state index contributed by atoms with van der Waals surface area (Å²) in [6, 6.07) is 12.8. The van der Waals surface area contributed by atoms with E-state index >= 15 is 0 Å². The molecule has 2 aromatic rings. The number of amides is 10. The Morgan fingerprint density at radius 3 is 1.88 bits per heavy atom. The Balaban J connectivity index is 0.000000572. The lowest BCUT2D eigenvalue weighted by atomic mass is 9.83. The summed E-state index contributed by atoms with van der Waals surface area (Å²) in [6.07, 6.45) is 6.27. The van der Waals surface area contributed by atoms with Crippen LogP contribution in [0.25, 0.3) is 0 Å². The monoisotopic (exact) mass is 1430 g/mol. The first-order chi connectivity index (χ1) is 48.0. The molecule has 10 amide bonds. The minimum absolute atomic E-state index is 0.0283. The molecule has 0 aliphatic carbocycles. The number of hydrogen-bond acceptors (Lipinski definition) is 16. The molecule has 11 atom stereocenters. The molecule has 6 N–H and O–H groups in total. The van der Waals surface area contributed by atoms with Gasteiger partial charge in [0.1, 0.15) is 11.6 Å². The lowest BCUT2D eigenvalue weighted by molar-refractivity contribution is -0.159. The first-order valence-electron chi connectivity index (χ1n) is 36.5. The predicted octanol–water partition coefficient (Wildman–Crippen LogP) is 9.16. The first-order valence-corrected chi connectivity index (χ1v) is 36.5. The number of anilines is 1. The summed E-state index contributed by atoms with van der Waals surface area (Å²) in [6.45, 7) is 27.3. The van der Waals surface area contributed by atoms with Gasteiger partial charge in [-0.1, -0.05) is 125 Å². The zero-order chi connectivity index (χ0) is 76.7. The van der Waals surface area contributed by atoms with Crippen molar-refractivity contribution < 1.29 is 76.5 Å². The smallest absolute Gasteiger partial charge is 0.410 e. The zero-order valence-corrected chi connectivity index (χ0v) is 64.1. The number of likely N-dealkylation sites (N-methyl/N-ethyl adjacent to an activating group) is 2. The molecule has 4 rings (SSSR count). The molecule has 570 valence electrons. The molecule has 0 aromatic heterocycles. The number of ketones is 2. The molecule has 2 aliphatic rings. The molecule has 0 bridgehead atoms. The fraction of sp³-hybridized carbons (Fsp3) is 0.662. The van der Waals surface area contributed by atoms with E-state index in [4.69, 9.17) is 24.7 Å². The molecule has 1 fully saturated rings. The normalized spacial score (nSPS) is 16.7. The van der Waals surface area contributed by atoms with Crippen LogP contribution < -0.4 is 27.0 Å². The highest BCUT2D eigenvalue weighted by atomic mass is 16.6. The average Bonchev–Trinajstić information content (AvgIpc) is 1.39. The van der Waals surface area contributed by atoms with Crippen molar-refractivity contribution in [3.8, 4) is 0 Å². The lowest BCUT2D eigenvalue weighted by Gasteiger charge is -2.41. The highest BCUT2D eigenvalue weighted by Crippen LogP contribution is 2.32. The van der Waals surface area contributed by atoms with E-state index in [1.807, 2.05) is 117 Å². The summed E-state index contributed by atoms with van der Waals surface area (Å²) in [5.74, 6) is -5.80. The quantitative estimate of drug-likeness (QED) is 0.0235. The topological polar surface area (TPSA) is 329 Å². The van der Waals surface area contributed by atoms with Crippen molar-refractivity contribution >= 4 is 76.7 Å². The number of imide groups is 1. The Labute approximate surface area is 605 Å². The number of unbranched alkanes of at least 4 members (excludes halogenated alkanes) is 2. The van der Waals surface area contributed by atoms with Crippen LogP contribution >= 0.6 is 0 Å². The Morgan fingerprint density at radius 1 is 0.706 bits per heavy atom. The van der Waals surface area contributed by atoms with Crippen LogP contribution in [-0.2, 0) is 79.7 Å². The third kappa shape index (κ3) is 28.3. The van der Waals surface area contributed by atoms with Crippen LogP contribution in [0.4, 0.5) is 15.3 Å². The van der Waals surface area contributed by atoms with Crippen molar-refractivity contribution in [3.63, 3.8) is 0 Å². The number of urea groups is 1. The molecule has 1 saturated heterocycles. The van der Waals surface area contributed by atoms with Crippen molar-refractivity contribution in [2.45, 2.75) is 235 Å². The Bertz CT molecular complexity index is 3080. The number of ether oxygens (including phenoxy) is 4. The molecule has 0 saturated carbocycles. The molecule has 0 spiro atoms. The van der Waals surface area contributed by atoms with Gasteiger partial charge in [-0.15, -0.1) is 0 Å². The number of methoxy groups -OCH3 is 2. The number of carbonyl (C=O) groups is 12. The molecule has 0 unspecified atom stereocenters. The van der Waals surface area contributed by atoms with Gasteiger partial charge in [-0.3, -0.25) is 48.1 Å². The van der Waals surface area contributed by atoms with Gasteiger partial charge in [0.2, 0.25) is 29.5 Å². The molecule has 25 heteroatoms. The number of nitrogens with zero attached hydrogens (tertiary/aromatic N) is 4. The standard InChI is InChI=1S/C47H78N4O10.C30H43N5O6/c1-16-31(7)41(49(12)44(55)34(29(3)4)27-37(52)40(30(5)6)50(13)46(57)60-17-2)38(58-14)28-39(53)51-25-21-24-36(51)42(59-15)32(8)43(54)48-35(45(56)61-47(9,10)11)26-33-22-19-18-20-23-33;1-4-21-11-13-23(14-12-21)33-29(40)22(9-8-17-32-30(31)41)19-24(36)28(20(2)3)34-25(37)10-6-5-7-18-35-26(38)15-16-27(35)39/h18-20,22-23,29-32,34-36,38,40-42H,16-17,21,24-28H2,1-15H3,(H,48,54);11-16,20,22,28H,4-10,17-19H2,1-3H3,(H,33,40)(H,34,37)(H3,31,32,41)/t31-,32+,34-,35-,36-,38+,40-,41-,42+;22-,28+/m01/s1. The molecule has 2 aliphatic heterocycles. The second kappa shape index (κ2) is 43.8. The van der Waals surface area contributed by atoms with Gasteiger partial charge in [0.05, 0.1) is 55.3 Å². The number of nitrogens with two attached hydrogens (primary N) is 1. The minimum atomic E-state index is -0.939. The zero-order valence-electron chi connectivity index (χ0n) is 64.1. The summed E-state index contributed by atoms with van der Waals surface area (Å²) in [7, 11) is 6.32. The molecule has 2 aromatic carbocycles. The van der Waals surface area contributed by atoms with Gasteiger partial charge in [0, 0.05) is 103 Å². The third-order valence-corrected chi connectivity index (χ3v) is 19.0. The SMILES string of the molecule is CCOC(=O)N(C)[C@H](C(=O)C[C@H](C(=O)N(C)[C@@H]([C@@H](C)CC)[C@@H](CC(=O)N1CCC[C@H]1[C@H](OC)[C@@H](C)C(=O)N[C@@H](Cc1ccccc1)C(=O)OC(C)(C)C)OC)C(C)C)C(C)C.CCc1ccc(NC(=O)[C@H](CCCNC(N)=O)CC(=O)[C@@H](NC(=O)CCCCCN2C(=O)C=CC2=O)C(C)C)cc1. The van der Waals surface area contributed by atoms with Crippen molar-refractivity contribution in [1.29, 1.82) is 0 Å². The van der Waals surface area contributed by atoms with Gasteiger partial charge in [0.15, 0.2) is 11.6 Å². The van der Waals surface area contributed by atoms with Gasteiger partial charge in [-0.2, -0.15) is 0 Å². The molecular weight excluding hydrogens is 1310 g/mol. The van der Waals surface area contributed by atoms with Gasteiger partial charge < -0.3 is 60.6 Å². The summed E-state index contributed by atoms with van der Waals surface area (Å²) >= 11 is 0. The second-order valence-corrected chi connectivity index (χ2v) is 29.0. The van der Waals surface area contributed by atoms with E-state index in [0.717, 1.165) is 17.5 Å². The minimum Gasteiger partial charge on any atom is -0.458 e. The molecule has 2 heterocycles. The van der Waals surface area contributed by atoms with Crippen LogP contribution in [-0.4, -0.2) is 193 Å². The number of rotatable bonds is 41. The fourth-order valence-corrected chi connectivity index (χ4v) is 13.2. The highest BCUT2D eigenvalue weighted by Gasteiger charge is 2.45. The molecule has 25 nitrogen and oxygen atoms in total. The summed E-state index contributed by atoms with van der Waals surface area (Å²) in [5, 5.41) is 11.1. The molecule has 102 heavy (non-hydrogen) atoms. The third-order valence-electron chi connectivity index (χ3n) is 19.0. The number of carbonyl (C=O) groups excluding carboxylic acids is 12. The van der Waals surface area contributed by atoms with Crippen LogP contribution in [0.3, 0.4) is 0 Å². The Hall–Kier alpha value is -8.06. The number of aryl methyl sites for hydroxylation is 1. The number of nitrogens with one attached hydrogen (secondary N) is 4. The second-order valence-electron chi connectivity index (χ2n) is 29.0. The highest BCUT2D eigenvalue weighted by molar-refractivity contribution is 6.12. The predicted molar refractivity (Wildman–Crippen MR) is 391 cm³/mol. The van der Waals surface area contributed by atoms with E-state index in [0.29, 0.717) is 70.1 Å². The lowest BCUT2D eigenvalue weighted by Crippen LogP contribution is -2.55. The maximum atomic E-state index is 14.5. The van der Waals surface area contributed by atoms with Crippen LogP contribution in [0.2, 0.25) is 0 Å². The number of Topliss-reactive ketones (excluding diaryl/α,β-unsaturated/α-hetero) is 2. The number of hydrogen-bond donors (Lipinski definition) is 5. The largest absolute Gasteiger partial charge is 0.458 e. The van der Waals surface area contributed by atoms with E-state index < -0.39 is 89.8 Å². The van der Waals surface area contributed by atoms with Gasteiger partial charge in [-0.25, -0.2) is 14.4 Å². The molecular formula is C77H121N9O16. The van der Waals surface area contributed by atoms with Crippen LogP contribution in [0.5, 0.6) is 0 Å². The average molecular weight is 1430 g/mol. The Kier molecular flexibility index (Phi) is 37.8. The van der Waals surface area contributed by atoms with E-state index in [-0.39, 0.29) is 116 Å². The summed E-state index contributed by atoms with van der Waals surface area (Å²) in [4.78, 5) is 162. The maximum absolute atomic E-state index is 14.5. The van der Waals surface area contributed by atoms with Gasteiger partial charge >= 0.3 is 18.1 Å². The summed E-state index contributed by atoms with van der Waals surface area (Å²) in [5.41, 5.74) is 7.00. The van der Waals surface area contributed by atoms with Gasteiger partial charge in [-0.05, 0) is 120 Å². The van der Waals surface area contributed by atoms with Crippen molar-refractivity contribution in [3.05, 3.63) is 77.9 Å². The first kappa shape index (κ1) is 88.2. The van der Waals surface area contributed by atoms with E-state index in [9.17, 15) is 57.5 Å². The van der Waals surface area contributed by atoms with Gasteiger partial charge in [0.25, 0.3) is 11.8 Å². The van der Waals surface area contributed by atoms with E-state index in [2.05, 4.69) is 21.3 Å². The van der Waals surface area contributed by atoms with Crippen molar-refractivity contribution in [1.82, 2.24) is 35.6 Å². The maximum Gasteiger partial charge on any atom is 0.410 e. The number of benzene rings is 2. The number of likely N-dealkylation sites (tertiary alicyclic amines) is 1. The number of primary amides is 1. The molecule has 0 radical (unpaired) electrons. The Morgan fingerprint density at radius 2 is 1.34 bits per heavy atom. The van der Waals surface area contributed by atoms with Crippen LogP contribution in [0.15, 0.2) is 66.7 Å². The van der Waals surface area contributed by atoms with Crippen LogP contribution in [0.1, 0.15) is 185 Å². The number of esters is 1. The van der Waals surface area contributed by atoms with Crippen LogP contribution in [0, 0.1) is 41.4 Å². The van der Waals surface area contributed by atoms with E-state index in [1.54, 1.807) is 58.5 Å². The van der Waals surface area contributed by atoms with E-state index in [1.165, 1.54) is 36.2 Å².